The topological polar surface area (TPSA) is 55.2 Å². The van der Waals surface area contributed by atoms with Crippen molar-refractivity contribution in [3.63, 3.8) is 0 Å². The smallest absolute Gasteiger partial charge is 0.262 e. The van der Waals surface area contributed by atoms with Crippen LogP contribution in [0, 0.1) is 5.82 Å². The lowest BCUT2D eigenvalue weighted by atomic mass is 10.2. The number of nitrogens with zero attached hydrogens (tertiary/aromatic N) is 3. The molecule has 0 spiro atoms. The lowest BCUT2D eigenvalue weighted by molar-refractivity contribution is -0.130. The fourth-order valence-electron chi connectivity index (χ4n) is 3.73. The molecule has 30 heavy (non-hydrogen) atoms. The molecule has 1 saturated heterocycles. The van der Waals surface area contributed by atoms with Gasteiger partial charge in [0.1, 0.15) is 5.82 Å². The lowest BCUT2D eigenvalue weighted by Gasteiger charge is -2.16. The van der Waals surface area contributed by atoms with E-state index in [0.29, 0.717) is 46.8 Å². The highest BCUT2D eigenvalue weighted by Gasteiger charge is 2.18. The SMILES string of the molecule is O=C(CCCn1c(SCc2ccccc2F)nc2ccccc2c1=O)N1CCCC1. The van der Waals surface area contributed by atoms with Crippen LogP contribution in [0.3, 0.4) is 0 Å². The highest BCUT2D eigenvalue weighted by atomic mass is 32.2. The first-order valence-corrected chi connectivity index (χ1v) is 11.3. The summed E-state index contributed by atoms with van der Waals surface area (Å²) in [6.45, 7) is 2.08. The Bertz CT molecular complexity index is 1110. The van der Waals surface area contributed by atoms with E-state index >= 15 is 0 Å². The van der Waals surface area contributed by atoms with Crippen LogP contribution in [0.15, 0.2) is 58.5 Å². The quantitative estimate of drug-likeness (QED) is 0.420. The zero-order valence-corrected chi connectivity index (χ0v) is 17.5. The monoisotopic (exact) mass is 425 g/mol. The van der Waals surface area contributed by atoms with Crippen LogP contribution in [-0.2, 0) is 17.1 Å². The van der Waals surface area contributed by atoms with Crippen molar-refractivity contribution < 1.29 is 9.18 Å². The van der Waals surface area contributed by atoms with Gasteiger partial charge in [-0.2, -0.15) is 0 Å². The number of halogens is 1. The van der Waals surface area contributed by atoms with E-state index in [0.717, 1.165) is 25.9 Å². The van der Waals surface area contributed by atoms with E-state index in [-0.39, 0.29) is 17.3 Å². The van der Waals surface area contributed by atoms with Crippen LogP contribution in [0.4, 0.5) is 4.39 Å². The Morgan fingerprint density at radius 1 is 1.07 bits per heavy atom. The van der Waals surface area contributed by atoms with E-state index in [9.17, 15) is 14.0 Å². The van der Waals surface area contributed by atoms with Gasteiger partial charge in [-0.3, -0.25) is 14.2 Å². The molecule has 5 nitrogen and oxygen atoms in total. The number of hydrogen-bond acceptors (Lipinski definition) is 4. The van der Waals surface area contributed by atoms with E-state index < -0.39 is 0 Å². The molecule has 0 atom stereocenters. The average Bonchev–Trinajstić information content (AvgIpc) is 3.30. The fraction of sp³-hybridized carbons (Fsp3) is 0.348. The summed E-state index contributed by atoms with van der Waals surface area (Å²) in [5, 5.41) is 1.11. The van der Waals surface area contributed by atoms with Gasteiger partial charge in [-0.15, -0.1) is 0 Å². The first kappa shape index (κ1) is 20.6. The second-order valence-corrected chi connectivity index (χ2v) is 8.38. The number of rotatable bonds is 7. The van der Waals surface area contributed by atoms with Crippen molar-refractivity contribution in [1.82, 2.24) is 14.5 Å². The van der Waals surface area contributed by atoms with Crippen LogP contribution in [0.25, 0.3) is 10.9 Å². The molecule has 0 unspecified atom stereocenters. The van der Waals surface area contributed by atoms with Gasteiger partial charge in [-0.05, 0) is 43.0 Å². The van der Waals surface area contributed by atoms with Gasteiger partial charge in [0, 0.05) is 31.8 Å². The minimum absolute atomic E-state index is 0.120. The molecule has 7 heteroatoms. The Balaban J connectivity index is 1.55. The summed E-state index contributed by atoms with van der Waals surface area (Å²) < 4.78 is 15.7. The van der Waals surface area contributed by atoms with Gasteiger partial charge in [-0.25, -0.2) is 9.37 Å². The molecule has 2 aromatic carbocycles. The number of para-hydroxylation sites is 1. The molecule has 1 aromatic heterocycles. The maximum atomic E-state index is 14.0. The summed E-state index contributed by atoms with van der Waals surface area (Å²) in [7, 11) is 0. The fourth-order valence-corrected chi connectivity index (χ4v) is 4.74. The zero-order valence-electron chi connectivity index (χ0n) is 16.7. The summed E-state index contributed by atoms with van der Waals surface area (Å²) in [6.07, 6.45) is 3.12. The summed E-state index contributed by atoms with van der Waals surface area (Å²) in [5.41, 5.74) is 1.08. The molecule has 1 amide bonds. The first-order chi connectivity index (χ1) is 14.6. The third-order valence-electron chi connectivity index (χ3n) is 5.37. The summed E-state index contributed by atoms with van der Waals surface area (Å²) in [4.78, 5) is 32.0. The number of likely N-dealkylation sites (tertiary alicyclic amines) is 1. The molecular formula is C23H24FN3O2S. The van der Waals surface area contributed by atoms with E-state index in [1.807, 2.05) is 23.1 Å². The summed E-state index contributed by atoms with van der Waals surface area (Å²) in [6, 6.07) is 13.9. The van der Waals surface area contributed by atoms with Gasteiger partial charge in [-0.1, -0.05) is 42.1 Å². The third-order valence-corrected chi connectivity index (χ3v) is 6.40. The number of fused-ring (bicyclic) bond motifs is 1. The number of carbonyl (C=O) groups excluding carboxylic acids is 1. The van der Waals surface area contributed by atoms with Crippen molar-refractivity contribution in [2.24, 2.45) is 0 Å². The van der Waals surface area contributed by atoms with Gasteiger partial charge < -0.3 is 4.90 Å². The minimum atomic E-state index is -0.268. The highest BCUT2D eigenvalue weighted by molar-refractivity contribution is 7.98. The van der Waals surface area contributed by atoms with Crippen LogP contribution < -0.4 is 5.56 Å². The Kier molecular flexibility index (Phi) is 6.47. The molecule has 2 heterocycles. The molecule has 1 aliphatic heterocycles. The highest BCUT2D eigenvalue weighted by Crippen LogP contribution is 2.24. The molecule has 0 radical (unpaired) electrons. The van der Waals surface area contributed by atoms with Crippen LogP contribution in [0.5, 0.6) is 0 Å². The van der Waals surface area contributed by atoms with Gasteiger partial charge in [0.15, 0.2) is 5.16 Å². The third kappa shape index (κ3) is 4.56. The van der Waals surface area contributed by atoms with Gasteiger partial charge in [0.05, 0.1) is 10.9 Å². The molecule has 4 rings (SSSR count). The molecule has 1 fully saturated rings. The Morgan fingerprint density at radius 3 is 2.60 bits per heavy atom. The first-order valence-electron chi connectivity index (χ1n) is 10.3. The molecule has 0 aliphatic carbocycles. The second-order valence-electron chi connectivity index (χ2n) is 7.44. The summed E-state index contributed by atoms with van der Waals surface area (Å²) in [5.74, 6) is 0.259. The van der Waals surface area contributed by atoms with Crippen LogP contribution >= 0.6 is 11.8 Å². The van der Waals surface area contributed by atoms with Crippen LogP contribution in [-0.4, -0.2) is 33.4 Å². The molecular weight excluding hydrogens is 401 g/mol. The molecule has 3 aromatic rings. The standard InChI is InChI=1S/C23H24FN3O2S/c24-19-10-3-1-8-17(19)16-30-23-25-20-11-4-2-9-18(20)22(29)27(23)15-7-12-21(28)26-13-5-6-14-26/h1-4,8-11H,5-7,12-16H2. The Labute approximate surface area is 178 Å². The van der Waals surface area contributed by atoms with Crippen molar-refractivity contribution in [2.75, 3.05) is 13.1 Å². The lowest BCUT2D eigenvalue weighted by Crippen LogP contribution is -2.28. The van der Waals surface area contributed by atoms with E-state index in [1.165, 1.54) is 17.8 Å². The molecule has 0 N–H and O–H groups in total. The van der Waals surface area contributed by atoms with Crippen molar-refractivity contribution in [2.45, 2.75) is 43.1 Å². The number of amides is 1. The largest absolute Gasteiger partial charge is 0.343 e. The zero-order chi connectivity index (χ0) is 20.9. The van der Waals surface area contributed by atoms with Gasteiger partial charge in [0.2, 0.25) is 5.91 Å². The van der Waals surface area contributed by atoms with Crippen molar-refractivity contribution in [3.05, 3.63) is 70.3 Å². The van der Waals surface area contributed by atoms with Crippen molar-refractivity contribution >= 4 is 28.6 Å². The number of hydrogen-bond donors (Lipinski definition) is 0. The summed E-state index contributed by atoms with van der Waals surface area (Å²) >= 11 is 1.34. The van der Waals surface area contributed by atoms with Crippen LogP contribution in [0.1, 0.15) is 31.2 Å². The number of carbonyl (C=O) groups is 1. The Hall–Kier alpha value is -2.67. The number of benzene rings is 2. The minimum Gasteiger partial charge on any atom is -0.343 e. The van der Waals surface area contributed by atoms with Crippen molar-refractivity contribution in [1.29, 1.82) is 0 Å². The van der Waals surface area contributed by atoms with Crippen LogP contribution in [0.2, 0.25) is 0 Å². The second kappa shape index (κ2) is 9.43. The Morgan fingerprint density at radius 2 is 1.80 bits per heavy atom. The maximum Gasteiger partial charge on any atom is 0.262 e. The predicted octanol–water partition coefficient (Wildman–Crippen LogP) is 4.23. The van der Waals surface area contributed by atoms with E-state index in [2.05, 4.69) is 4.98 Å². The maximum absolute atomic E-state index is 14.0. The van der Waals surface area contributed by atoms with Crippen molar-refractivity contribution in [3.8, 4) is 0 Å². The number of thioether (sulfide) groups is 1. The average molecular weight is 426 g/mol. The molecule has 1 aliphatic rings. The van der Waals surface area contributed by atoms with Gasteiger partial charge >= 0.3 is 0 Å². The molecule has 156 valence electrons. The van der Waals surface area contributed by atoms with E-state index in [4.69, 9.17) is 0 Å². The predicted molar refractivity (Wildman–Crippen MR) is 117 cm³/mol. The molecule has 0 saturated carbocycles. The number of aromatic nitrogens is 2. The van der Waals surface area contributed by atoms with Gasteiger partial charge in [0.25, 0.3) is 5.56 Å². The van der Waals surface area contributed by atoms with E-state index in [1.54, 1.807) is 28.8 Å². The normalized spacial score (nSPS) is 13.8. The molecule has 0 bridgehead atoms.